The van der Waals surface area contributed by atoms with Gasteiger partial charge in [-0.25, -0.2) is 9.59 Å². The predicted molar refractivity (Wildman–Crippen MR) is 111 cm³/mol. The number of thiophene rings is 1. The van der Waals surface area contributed by atoms with E-state index in [9.17, 15) is 14.4 Å². The van der Waals surface area contributed by atoms with Crippen molar-refractivity contribution in [2.24, 2.45) is 0 Å². The first-order chi connectivity index (χ1) is 13.9. The molecule has 29 heavy (non-hydrogen) atoms. The van der Waals surface area contributed by atoms with Crippen LogP contribution in [0.3, 0.4) is 0 Å². The van der Waals surface area contributed by atoms with Crippen molar-refractivity contribution in [3.8, 4) is 5.75 Å². The topological polar surface area (TPSA) is 94.8 Å². The number of carbonyl (C=O) groups is 2. The Morgan fingerprint density at radius 3 is 2.66 bits per heavy atom. The second kappa shape index (κ2) is 8.91. The average Bonchev–Trinajstić information content (AvgIpc) is 3.10. The zero-order chi connectivity index (χ0) is 21.0. The summed E-state index contributed by atoms with van der Waals surface area (Å²) in [5.41, 5.74) is 0.249. The maximum absolute atomic E-state index is 12.4. The Morgan fingerprint density at radius 2 is 1.93 bits per heavy atom. The summed E-state index contributed by atoms with van der Waals surface area (Å²) in [6.45, 7) is 5.73. The Morgan fingerprint density at radius 1 is 1.17 bits per heavy atom. The molecule has 0 saturated carbocycles. The molecule has 0 radical (unpaired) electrons. The van der Waals surface area contributed by atoms with Gasteiger partial charge in [0.25, 0.3) is 5.91 Å². The molecule has 0 aliphatic carbocycles. The third-order valence-corrected chi connectivity index (χ3v) is 5.38. The fraction of sp³-hybridized carbons (Fsp3) is 0.286. The summed E-state index contributed by atoms with van der Waals surface area (Å²) >= 11 is 1.34. The zero-order valence-corrected chi connectivity index (χ0v) is 17.1. The van der Waals surface area contributed by atoms with Crippen LogP contribution in [0.2, 0.25) is 0 Å². The van der Waals surface area contributed by atoms with Gasteiger partial charge in [0.15, 0.2) is 6.61 Å². The molecule has 0 aliphatic heterocycles. The summed E-state index contributed by atoms with van der Waals surface area (Å²) in [6, 6.07) is 9.70. The van der Waals surface area contributed by atoms with E-state index in [0.717, 1.165) is 10.3 Å². The van der Waals surface area contributed by atoms with E-state index in [-0.39, 0.29) is 19.1 Å². The second-order valence-corrected chi connectivity index (χ2v) is 7.64. The monoisotopic (exact) mass is 415 g/mol. The second-order valence-electron chi connectivity index (χ2n) is 6.56. The quantitative estimate of drug-likeness (QED) is 0.460. The van der Waals surface area contributed by atoms with Crippen LogP contribution in [0.1, 0.15) is 41.9 Å². The van der Waals surface area contributed by atoms with Crippen LogP contribution in [0.4, 0.5) is 5.00 Å². The summed E-state index contributed by atoms with van der Waals surface area (Å²) in [7, 11) is 0. The molecule has 1 N–H and O–H groups in total. The maximum atomic E-state index is 12.4. The molecule has 0 bridgehead atoms. The van der Waals surface area contributed by atoms with E-state index in [4.69, 9.17) is 13.9 Å². The lowest BCUT2D eigenvalue weighted by atomic mass is 10.1. The van der Waals surface area contributed by atoms with E-state index in [1.165, 1.54) is 17.4 Å². The van der Waals surface area contributed by atoms with Crippen LogP contribution < -0.4 is 15.7 Å². The normalized spacial score (nSPS) is 10.9. The van der Waals surface area contributed by atoms with Gasteiger partial charge < -0.3 is 19.2 Å². The van der Waals surface area contributed by atoms with E-state index in [0.29, 0.717) is 21.9 Å². The number of esters is 1. The highest BCUT2D eigenvalue weighted by molar-refractivity contribution is 7.16. The van der Waals surface area contributed by atoms with Gasteiger partial charge in [0.2, 0.25) is 0 Å². The van der Waals surface area contributed by atoms with Gasteiger partial charge in [-0.15, -0.1) is 11.3 Å². The largest absolute Gasteiger partial charge is 0.484 e. The van der Waals surface area contributed by atoms with Gasteiger partial charge in [0.05, 0.1) is 12.2 Å². The first-order valence-electron chi connectivity index (χ1n) is 9.14. The molecular weight excluding hydrogens is 394 g/mol. The van der Waals surface area contributed by atoms with E-state index < -0.39 is 17.5 Å². The number of ether oxygens (including phenoxy) is 2. The van der Waals surface area contributed by atoms with E-state index >= 15 is 0 Å². The summed E-state index contributed by atoms with van der Waals surface area (Å²) in [4.78, 5) is 36.8. The third-order valence-electron chi connectivity index (χ3n) is 4.03. The van der Waals surface area contributed by atoms with Gasteiger partial charge in [0, 0.05) is 22.4 Å². The van der Waals surface area contributed by atoms with Crippen molar-refractivity contribution in [2.45, 2.75) is 26.7 Å². The average molecular weight is 415 g/mol. The van der Waals surface area contributed by atoms with Crippen molar-refractivity contribution in [3.63, 3.8) is 0 Å². The number of hydrogen-bond donors (Lipinski definition) is 1. The minimum Gasteiger partial charge on any atom is -0.484 e. The van der Waals surface area contributed by atoms with Crippen molar-refractivity contribution in [1.82, 2.24) is 0 Å². The number of benzene rings is 1. The van der Waals surface area contributed by atoms with Crippen LogP contribution in [0.25, 0.3) is 11.0 Å². The number of rotatable bonds is 7. The van der Waals surface area contributed by atoms with Crippen molar-refractivity contribution in [2.75, 3.05) is 18.5 Å². The van der Waals surface area contributed by atoms with Gasteiger partial charge in [-0.05, 0) is 37.1 Å². The molecule has 3 rings (SSSR count). The lowest BCUT2D eigenvalue weighted by Crippen LogP contribution is -2.21. The molecule has 0 aliphatic rings. The predicted octanol–water partition coefficient (Wildman–Crippen LogP) is 4.17. The fourth-order valence-corrected chi connectivity index (χ4v) is 3.66. The van der Waals surface area contributed by atoms with Crippen molar-refractivity contribution < 1.29 is 23.5 Å². The number of amides is 1. The lowest BCUT2D eigenvalue weighted by molar-refractivity contribution is -0.118. The number of carbonyl (C=O) groups excluding carboxylic acids is 2. The fourth-order valence-electron chi connectivity index (χ4n) is 2.59. The van der Waals surface area contributed by atoms with Crippen molar-refractivity contribution in [1.29, 1.82) is 0 Å². The van der Waals surface area contributed by atoms with Gasteiger partial charge in [-0.1, -0.05) is 13.8 Å². The molecule has 1 aromatic carbocycles. The lowest BCUT2D eigenvalue weighted by Gasteiger charge is -2.08. The number of fused-ring (bicyclic) bond motifs is 1. The molecule has 7 nitrogen and oxygen atoms in total. The highest BCUT2D eigenvalue weighted by Gasteiger charge is 2.20. The van der Waals surface area contributed by atoms with E-state index in [1.807, 2.05) is 13.8 Å². The van der Waals surface area contributed by atoms with Crippen LogP contribution in [-0.4, -0.2) is 25.1 Å². The standard InChI is InChI=1S/C21H21NO6S/c1-4-26-21(25)15-10-17(12(2)3)29-20(15)22-18(23)11-27-14-7-5-13-6-8-19(24)28-16(13)9-14/h5-10,12H,4,11H2,1-3H3,(H,22,23). The summed E-state index contributed by atoms with van der Waals surface area (Å²) in [5, 5.41) is 3.91. The summed E-state index contributed by atoms with van der Waals surface area (Å²) in [5.74, 6) is -0.289. The Labute approximate surface area is 171 Å². The molecule has 2 aromatic heterocycles. The Bertz CT molecular complexity index is 1100. The maximum Gasteiger partial charge on any atom is 0.341 e. The first-order valence-corrected chi connectivity index (χ1v) is 9.96. The molecule has 8 heteroatoms. The van der Waals surface area contributed by atoms with Crippen LogP contribution in [0, 0.1) is 0 Å². The van der Waals surface area contributed by atoms with E-state index in [1.54, 1.807) is 37.3 Å². The third kappa shape index (κ3) is 5.03. The van der Waals surface area contributed by atoms with Gasteiger partial charge >= 0.3 is 11.6 Å². The summed E-state index contributed by atoms with van der Waals surface area (Å²) in [6.07, 6.45) is 0. The number of hydrogen-bond acceptors (Lipinski definition) is 7. The molecule has 0 saturated heterocycles. The van der Waals surface area contributed by atoms with Crippen LogP contribution in [0.5, 0.6) is 5.75 Å². The molecule has 1 amide bonds. The first kappa shape index (κ1) is 20.6. The summed E-state index contributed by atoms with van der Waals surface area (Å²) < 4.78 is 15.7. The Balaban J connectivity index is 1.70. The molecule has 3 aromatic rings. The Hall–Kier alpha value is -3.13. The minimum atomic E-state index is -0.476. The van der Waals surface area contributed by atoms with Gasteiger partial charge in [0.1, 0.15) is 16.3 Å². The Kier molecular flexibility index (Phi) is 6.33. The highest BCUT2D eigenvalue weighted by atomic mass is 32.1. The molecule has 0 fully saturated rings. The number of anilines is 1. The molecule has 2 heterocycles. The molecule has 152 valence electrons. The van der Waals surface area contributed by atoms with E-state index in [2.05, 4.69) is 5.32 Å². The highest BCUT2D eigenvalue weighted by Crippen LogP contribution is 2.33. The van der Waals surface area contributed by atoms with Crippen molar-refractivity contribution >= 4 is 39.2 Å². The number of nitrogens with one attached hydrogen (secondary N) is 1. The van der Waals surface area contributed by atoms with Crippen molar-refractivity contribution in [3.05, 3.63) is 57.3 Å². The minimum absolute atomic E-state index is 0.210. The molecular formula is C21H21NO6S. The van der Waals surface area contributed by atoms with Crippen LogP contribution in [0.15, 0.2) is 45.6 Å². The van der Waals surface area contributed by atoms with Crippen LogP contribution in [-0.2, 0) is 9.53 Å². The SMILES string of the molecule is CCOC(=O)c1cc(C(C)C)sc1NC(=O)COc1ccc2ccc(=O)oc2c1. The molecule has 0 spiro atoms. The van der Waals surface area contributed by atoms with Gasteiger partial charge in [-0.2, -0.15) is 0 Å². The van der Waals surface area contributed by atoms with Crippen LogP contribution >= 0.6 is 11.3 Å². The molecule has 0 unspecified atom stereocenters. The smallest absolute Gasteiger partial charge is 0.341 e. The van der Waals surface area contributed by atoms with Gasteiger partial charge in [-0.3, -0.25) is 4.79 Å². The molecule has 0 atom stereocenters. The zero-order valence-electron chi connectivity index (χ0n) is 16.3.